The van der Waals surface area contributed by atoms with Gasteiger partial charge in [0.05, 0.1) is 19.0 Å². The average Bonchev–Trinajstić information content (AvgIpc) is 3.44. The highest BCUT2D eigenvalue weighted by molar-refractivity contribution is 5.85. The van der Waals surface area contributed by atoms with Crippen molar-refractivity contribution < 1.29 is 18.5 Å². The third-order valence-corrected chi connectivity index (χ3v) is 5.64. The van der Waals surface area contributed by atoms with Gasteiger partial charge in [-0.3, -0.25) is 14.5 Å². The second-order valence-corrected chi connectivity index (χ2v) is 7.91. The fourth-order valence-electron chi connectivity index (χ4n) is 4.06. The van der Waals surface area contributed by atoms with Crippen LogP contribution in [0.4, 0.5) is 4.39 Å². The first-order chi connectivity index (χ1) is 14.6. The SMILES string of the molecule is O=C(CN1CCCC(c2nc(-c3cccc(F)c3)no2)C1)NCC(=O)N1CCCC1. The molecule has 9 heteroatoms. The number of benzene rings is 1. The zero-order chi connectivity index (χ0) is 20.9. The van der Waals surface area contributed by atoms with Crippen LogP contribution >= 0.6 is 0 Å². The van der Waals surface area contributed by atoms with Crippen LogP contribution in [0.15, 0.2) is 28.8 Å². The lowest BCUT2D eigenvalue weighted by Gasteiger charge is -2.30. The summed E-state index contributed by atoms with van der Waals surface area (Å²) < 4.78 is 18.9. The minimum atomic E-state index is -0.350. The molecule has 8 nitrogen and oxygen atoms in total. The van der Waals surface area contributed by atoms with Crippen molar-refractivity contribution in [2.24, 2.45) is 0 Å². The Labute approximate surface area is 174 Å². The zero-order valence-electron chi connectivity index (χ0n) is 16.8. The number of carbonyl (C=O) groups is 2. The number of hydrogen-bond donors (Lipinski definition) is 1. The molecule has 0 radical (unpaired) electrons. The van der Waals surface area contributed by atoms with E-state index in [0.29, 0.717) is 23.8 Å². The fourth-order valence-corrected chi connectivity index (χ4v) is 4.06. The fraction of sp³-hybridized carbons (Fsp3) is 0.524. The van der Waals surface area contributed by atoms with Crippen molar-refractivity contribution in [2.75, 3.05) is 39.3 Å². The summed E-state index contributed by atoms with van der Waals surface area (Å²) in [6.45, 7) is 3.27. The first-order valence-electron chi connectivity index (χ1n) is 10.4. The van der Waals surface area contributed by atoms with Crippen molar-refractivity contribution in [2.45, 2.75) is 31.6 Å². The zero-order valence-corrected chi connectivity index (χ0v) is 16.8. The van der Waals surface area contributed by atoms with E-state index in [0.717, 1.165) is 45.3 Å². The van der Waals surface area contributed by atoms with Gasteiger partial charge in [-0.15, -0.1) is 0 Å². The molecule has 2 amide bonds. The third kappa shape index (κ3) is 5.02. The van der Waals surface area contributed by atoms with Gasteiger partial charge in [0.2, 0.25) is 23.5 Å². The molecule has 1 aromatic carbocycles. The molecule has 0 spiro atoms. The number of hydrogen-bond acceptors (Lipinski definition) is 6. The summed E-state index contributed by atoms with van der Waals surface area (Å²) in [6, 6.07) is 6.08. The average molecular weight is 415 g/mol. The van der Waals surface area contributed by atoms with Crippen LogP contribution < -0.4 is 5.32 Å². The van der Waals surface area contributed by atoms with Gasteiger partial charge in [0.1, 0.15) is 5.82 Å². The number of carbonyl (C=O) groups excluding carboxylic acids is 2. The Morgan fingerprint density at radius 2 is 2.03 bits per heavy atom. The molecule has 4 rings (SSSR count). The quantitative estimate of drug-likeness (QED) is 0.774. The largest absolute Gasteiger partial charge is 0.346 e. The second-order valence-electron chi connectivity index (χ2n) is 7.91. The van der Waals surface area contributed by atoms with E-state index in [1.807, 2.05) is 4.90 Å². The van der Waals surface area contributed by atoms with Crippen LogP contribution in [0.5, 0.6) is 0 Å². The number of likely N-dealkylation sites (tertiary alicyclic amines) is 2. The molecule has 1 unspecified atom stereocenters. The molecule has 1 atom stereocenters. The highest BCUT2D eigenvalue weighted by Gasteiger charge is 2.27. The summed E-state index contributed by atoms with van der Waals surface area (Å²) in [5, 5.41) is 6.72. The highest BCUT2D eigenvalue weighted by atomic mass is 19.1. The molecule has 2 saturated heterocycles. The van der Waals surface area contributed by atoms with Crippen LogP contribution in [0, 0.1) is 5.82 Å². The van der Waals surface area contributed by atoms with Crippen molar-refractivity contribution in [3.05, 3.63) is 36.0 Å². The van der Waals surface area contributed by atoms with Crippen LogP contribution in [0.3, 0.4) is 0 Å². The van der Waals surface area contributed by atoms with E-state index < -0.39 is 0 Å². The van der Waals surface area contributed by atoms with E-state index in [-0.39, 0.29) is 36.6 Å². The molecule has 2 aliphatic heterocycles. The van der Waals surface area contributed by atoms with Crippen LogP contribution in [-0.2, 0) is 9.59 Å². The molecule has 0 bridgehead atoms. The van der Waals surface area contributed by atoms with Gasteiger partial charge in [-0.2, -0.15) is 4.98 Å². The molecule has 1 N–H and O–H groups in total. The Balaban J connectivity index is 1.29. The number of halogens is 1. The van der Waals surface area contributed by atoms with Crippen molar-refractivity contribution in [1.29, 1.82) is 0 Å². The molecule has 160 valence electrons. The van der Waals surface area contributed by atoms with Gasteiger partial charge >= 0.3 is 0 Å². The Kier molecular flexibility index (Phi) is 6.37. The van der Waals surface area contributed by atoms with E-state index in [9.17, 15) is 14.0 Å². The Morgan fingerprint density at radius 3 is 2.83 bits per heavy atom. The number of piperidine rings is 1. The summed E-state index contributed by atoms with van der Waals surface area (Å²) in [4.78, 5) is 32.6. The smallest absolute Gasteiger partial charge is 0.241 e. The van der Waals surface area contributed by atoms with E-state index in [1.165, 1.54) is 12.1 Å². The summed E-state index contributed by atoms with van der Waals surface area (Å²) in [5.41, 5.74) is 0.569. The summed E-state index contributed by atoms with van der Waals surface area (Å²) in [7, 11) is 0. The first-order valence-corrected chi connectivity index (χ1v) is 10.4. The van der Waals surface area contributed by atoms with Crippen molar-refractivity contribution in [3.63, 3.8) is 0 Å². The topological polar surface area (TPSA) is 91.6 Å². The van der Waals surface area contributed by atoms with Gasteiger partial charge in [-0.1, -0.05) is 17.3 Å². The first kappa shape index (κ1) is 20.5. The second kappa shape index (κ2) is 9.34. The minimum Gasteiger partial charge on any atom is -0.346 e. The van der Waals surface area contributed by atoms with E-state index in [4.69, 9.17) is 4.52 Å². The number of rotatable bonds is 6. The highest BCUT2D eigenvalue weighted by Crippen LogP contribution is 2.27. The number of amides is 2. The van der Waals surface area contributed by atoms with Crippen LogP contribution in [0.25, 0.3) is 11.4 Å². The van der Waals surface area contributed by atoms with E-state index in [1.54, 1.807) is 17.0 Å². The van der Waals surface area contributed by atoms with Crippen molar-refractivity contribution in [1.82, 2.24) is 25.3 Å². The monoisotopic (exact) mass is 415 g/mol. The van der Waals surface area contributed by atoms with Crippen LogP contribution in [-0.4, -0.2) is 71.0 Å². The molecule has 2 aromatic rings. The molecule has 2 aliphatic rings. The number of nitrogens with one attached hydrogen (secondary N) is 1. The van der Waals surface area contributed by atoms with E-state index in [2.05, 4.69) is 15.5 Å². The van der Waals surface area contributed by atoms with Crippen molar-refractivity contribution in [3.8, 4) is 11.4 Å². The minimum absolute atomic E-state index is 0.0203. The molecule has 30 heavy (non-hydrogen) atoms. The molecule has 1 aromatic heterocycles. The van der Waals surface area contributed by atoms with Gasteiger partial charge in [0.25, 0.3) is 0 Å². The Morgan fingerprint density at radius 1 is 1.20 bits per heavy atom. The predicted octanol–water partition coefficient (Wildman–Crippen LogP) is 1.79. The molecule has 2 fully saturated rings. The van der Waals surface area contributed by atoms with Gasteiger partial charge in [0.15, 0.2) is 0 Å². The molecule has 3 heterocycles. The maximum absolute atomic E-state index is 13.4. The van der Waals surface area contributed by atoms with Gasteiger partial charge in [-0.05, 0) is 44.4 Å². The standard InChI is InChI=1S/C21H26FN5O3/c22-17-7-3-5-15(11-17)20-24-21(30-25-20)16-6-4-8-26(13-16)14-18(28)23-12-19(29)27-9-1-2-10-27/h3,5,7,11,16H,1-2,4,6,8-10,12-14H2,(H,23,28). The van der Waals surface area contributed by atoms with Crippen LogP contribution in [0.2, 0.25) is 0 Å². The van der Waals surface area contributed by atoms with Crippen LogP contribution in [0.1, 0.15) is 37.5 Å². The third-order valence-electron chi connectivity index (χ3n) is 5.64. The maximum Gasteiger partial charge on any atom is 0.241 e. The number of aromatic nitrogens is 2. The molecule has 0 aliphatic carbocycles. The van der Waals surface area contributed by atoms with Gasteiger partial charge in [0, 0.05) is 25.2 Å². The molecular formula is C21H26FN5O3. The lowest BCUT2D eigenvalue weighted by atomic mass is 9.98. The van der Waals surface area contributed by atoms with Gasteiger partial charge < -0.3 is 14.7 Å². The summed E-state index contributed by atoms with van der Waals surface area (Å²) >= 11 is 0. The normalized spacial score (nSPS) is 19.8. The summed E-state index contributed by atoms with van der Waals surface area (Å²) in [5.74, 6) is 0.357. The summed E-state index contributed by atoms with van der Waals surface area (Å²) in [6.07, 6.45) is 3.86. The lowest BCUT2D eigenvalue weighted by Crippen LogP contribution is -2.45. The molecule has 0 saturated carbocycles. The predicted molar refractivity (Wildman–Crippen MR) is 107 cm³/mol. The van der Waals surface area contributed by atoms with Gasteiger partial charge in [-0.25, -0.2) is 4.39 Å². The number of nitrogens with zero attached hydrogens (tertiary/aromatic N) is 4. The van der Waals surface area contributed by atoms with Crippen molar-refractivity contribution >= 4 is 11.8 Å². The molecular weight excluding hydrogens is 389 g/mol. The Bertz CT molecular complexity index is 896. The lowest BCUT2D eigenvalue weighted by molar-refractivity contribution is -0.132. The maximum atomic E-state index is 13.4. The van der Waals surface area contributed by atoms with E-state index >= 15 is 0 Å². The Hall–Kier alpha value is -2.81.